The highest BCUT2D eigenvalue weighted by atomic mass is 32.2. The largest absolute Gasteiger partial charge is 0.471 e. The summed E-state index contributed by atoms with van der Waals surface area (Å²) in [4.78, 5) is 11.8. The van der Waals surface area contributed by atoms with E-state index < -0.39 is 18.1 Å². The number of nitrogens with zero attached hydrogens (tertiary/aromatic N) is 1. The zero-order valence-corrected chi connectivity index (χ0v) is 9.80. The van der Waals surface area contributed by atoms with Gasteiger partial charge in [-0.15, -0.1) is 0 Å². The van der Waals surface area contributed by atoms with Crippen LogP contribution in [0, 0.1) is 5.92 Å². The maximum absolute atomic E-state index is 12.3. The Bertz CT molecular complexity index is 290. The van der Waals surface area contributed by atoms with E-state index in [-0.39, 0.29) is 10.2 Å². The van der Waals surface area contributed by atoms with Crippen molar-refractivity contribution in [2.75, 3.05) is 5.75 Å². The lowest BCUT2D eigenvalue weighted by molar-refractivity contribution is -0.182. The summed E-state index contributed by atoms with van der Waals surface area (Å²) in [5.41, 5.74) is 0. The number of alkyl halides is 3. The average Bonchev–Trinajstić information content (AvgIpc) is 2.44. The van der Waals surface area contributed by atoms with Gasteiger partial charge in [-0.1, -0.05) is 37.8 Å². The zero-order chi connectivity index (χ0) is 11.8. The fraction of sp³-hybridized carbons (Fsp3) is 0.750. The van der Waals surface area contributed by atoms with Crippen LogP contribution in [0.3, 0.4) is 0 Å². The number of thioether (sulfide) groups is 1. The molecule has 0 bridgehead atoms. The molecule has 0 saturated carbocycles. The quantitative estimate of drug-likeness (QED) is 0.673. The van der Waals surface area contributed by atoms with Crippen molar-refractivity contribution >= 4 is 34.2 Å². The van der Waals surface area contributed by atoms with E-state index in [1.54, 1.807) is 13.8 Å². The molecule has 86 valence electrons. The van der Waals surface area contributed by atoms with Gasteiger partial charge < -0.3 is 0 Å². The van der Waals surface area contributed by atoms with Gasteiger partial charge in [-0.05, 0) is 5.92 Å². The lowest BCUT2D eigenvalue weighted by atomic mass is 10.1. The summed E-state index contributed by atoms with van der Waals surface area (Å²) >= 11 is 5.87. The highest BCUT2D eigenvalue weighted by Gasteiger charge is 2.48. The van der Waals surface area contributed by atoms with E-state index >= 15 is 0 Å². The average molecular weight is 257 g/mol. The van der Waals surface area contributed by atoms with Crippen molar-refractivity contribution in [3.05, 3.63) is 0 Å². The van der Waals surface area contributed by atoms with E-state index in [1.165, 1.54) is 0 Å². The highest BCUT2D eigenvalue weighted by molar-refractivity contribution is 8.23. The first-order chi connectivity index (χ1) is 6.75. The predicted octanol–water partition coefficient (Wildman–Crippen LogP) is 2.43. The minimum Gasteiger partial charge on any atom is -0.286 e. The number of carbonyl (C=O) groups excluding carboxylic acids is 1. The minimum atomic E-state index is -4.85. The molecule has 0 aromatic carbocycles. The van der Waals surface area contributed by atoms with Crippen LogP contribution < -0.4 is 0 Å². The van der Waals surface area contributed by atoms with Gasteiger partial charge in [0.1, 0.15) is 4.32 Å². The number of rotatable bonds is 1. The zero-order valence-electron chi connectivity index (χ0n) is 8.17. The topological polar surface area (TPSA) is 20.3 Å². The van der Waals surface area contributed by atoms with Crippen LogP contribution >= 0.6 is 24.0 Å². The first kappa shape index (κ1) is 12.8. The number of amides is 1. The number of thiocarbonyl (C=S) groups is 1. The van der Waals surface area contributed by atoms with Crippen molar-refractivity contribution in [3.63, 3.8) is 0 Å². The molecular formula is C8H10F3NOS2. The smallest absolute Gasteiger partial charge is 0.286 e. The molecule has 0 radical (unpaired) electrons. The van der Waals surface area contributed by atoms with Gasteiger partial charge in [0.2, 0.25) is 0 Å². The summed E-state index contributed by atoms with van der Waals surface area (Å²) in [6.07, 6.45) is -4.85. The first-order valence-corrected chi connectivity index (χ1v) is 5.71. The second-order valence-corrected chi connectivity index (χ2v) is 5.22. The van der Waals surface area contributed by atoms with Gasteiger partial charge in [0.05, 0.1) is 6.04 Å². The van der Waals surface area contributed by atoms with Crippen LogP contribution in [0.4, 0.5) is 13.2 Å². The summed E-state index contributed by atoms with van der Waals surface area (Å²) in [5, 5.41) is 0. The Morgan fingerprint density at radius 3 is 2.53 bits per heavy atom. The normalized spacial score (nSPS) is 22.7. The molecule has 0 aromatic heterocycles. The van der Waals surface area contributed by atoms with Crippen LogP contribution in [-0.2, 0) is 4.79 Å². The van der Waals surface area contributed by atoms with Gasteiger partial charge in [-0.3, -0.25) is 9.69 Å². The van der Waals surface area contributed by atoms with Crippen molar-refractivity contribution in [2.24, 2.45) is 5.92 Å². The van der Waals surface area contributed by atoms with Crippen LogP contribution in [0.15, 0.2) is 0 Å². The third-order valence-electron chi connectivity index (χ3n) is 2.14. The van der Waals surface area contributed by atoms with Gasteiger partial charge >= 0.3 is 12.1 Å². The van der Waals surface area contributed by atoms with Crippen molar-refractivity contribution in [1.82, 2.24) is 4.90 Å². The Kier molecular flexibility index (Phi) is 3.65. The van der Waals surface area contributed by atoms with E-state index in [4.69, 9.17) is 12.2 Å². The van der Waals surface area contributed by atoms with Crippen LogP contribution in [0.5, 0.6) is 0 Å². The highest BCUT2D eigenvalue weighted by Crippen LogP contribution is 2.32. The Balaban J connectivity index is 2.91. The Morgan fingerprint density at radius 2 is 2.13 bits per heavy atom. The monoisotopic (exact) mass is 257 g/mol. The molecule has 7 heteroatoms. The number of hydrogen-bond donors (Lipinski definition) is 0. The number of carbonyl (C=O) groups is 1. The van der Waals surface area contributed by atoms with Gasteiger partial charge in [0.15, 0.2) is 0 Å². The Morgan fingerprint density at radius 1 is 1.60 bits per heavy atom. The number of hydrogen-bond acceptors (Lipinski definition) is 3. The van der Waals surface area contributed by atoms with Crippen molar-refractivity contribution < 1.29 is 18.0 Å². The Labute approximate surface area is 95.2 Å². The van der Waals surface area contributed by atoms with Gasteiger partial charge in [-0.2, -0.15) is 13.2 Å². The number of halogens is 3. The predicted molar refractivity (Wildman–Crippen MR) is 56.6 cm³/mol. The van der Waals surface area contributed by atoms with E-state index in [0.29, 0.717) is 10.7 Å². The standard InChI is InChI=1S/C8H10F3NOS2/c1-4(2)5-3-15-7(14)12(5)6(13)8(9,10)11/h4-5H,3H2,1-2H3/t5-/m1/s1. The summed E-state index contributed by atoms with van der Waals surface area (Å²) in [5.74, 6) is -1.45. The SMILES string of the molecule is CC(C)[C@H]1CSC(=S)N1C(=O)C(F)(F)F. The molecule has 1 aliphatic rings. The molecule has 0 aromatic rings. The minimum absolute atomic E-state index is 0.0241. The second-order valence-electron chi connectivity index (χ2n) is 3.56. The molecular weight excluding hydrogens is 247 g/mol. The molecule has 0 N–H and O–H groups in total. The summed E-state index contributed by atoms with van der Waals surface area (Å²) in [6.45, 7) is 3.55. The molecule has 1 fully saturated rings. The van der Waals surface area contributed by atoms with Crippen molar-refractivity contribution in [1.29, 1.82) is 0 Å². The van der Waals surface area contributed by atoms with Gasteiger partial charge in [0.25, 0.3) is 0 Å². The molecule has 15 heavy (non-hydrogen) atoms. The van der Waals surface area contributed by atoms with Crippen molar-refractivity contribution in [2.45, 2.75) is 26.1 Å². The fourth-order valence-corrected chi connectivity index (χ4v) is 2.92. The molecule has 2 nitrogen and oxygen atoms in total. The Hall–Kier alpha value is -0.300. The summed E-state index contributed by atoms with van der Waals surface area (Å²) in [6, 6.07) is -0.448. The fourth-order valence-electron chi connectivity index (χ4n) is 1.30. The molecule has 1 atom stereocenters. The third kappa shape index (κ3) is 2.63. The maximum atomic E-state index is 12.3. The van der Waals surface area contributed by atoms with Gasteiger partial charge in [0, 0.05) is 5.75 Å². The van der Waals surface area contributed by atoms with Crippen LogP contribution in [0.25, 0.3) is 0 Å². The van der Waals surface area contributed by atoms with Crippen molar-refractivity contribution in [3.8, 4) is 0 Å². The third-order valence-corrected chi connectivity index (χ3v) is 3.64. The molecule has 1 aliphatic heterocycles. The lowest BCUT2D eigenvalue weighted by Gasteiger charge is -2.26. The maximum Gasteiger partial charge on any atom is 0.471 e. The van der Waals surface area contributed by atoms with Gasteiger partial charge in [-0.25, -0.2) is 0 Å². The van der Waals surface area contributed by atoms with Crippen LogP contribution in [0.1, 0.15) is 13.8 Å². The molecule has 1 rings (SSSR count). The molecule has 0 aliphatic carbocycles. The van der Waals surface area contributed by atoms with Crippen LogP contribution in [0.2, 0.25) is 0 Å². The van der Waals surface area contributed by atoms with Crippen LogP contribution in [-0.4, -0.2) is 33.1 Å². The molecule has 1 heterocycles. The molecule has 0 unspecified atom stereocenters. The van der Waals surface area contributed by atoms with E-state index in [9.17, 15) is 18.0 Å². The van der Waals surface area contributed by atoms with E-state index in [2.05, 4.69) is 0 Å². The second kappa shape index (κ2) is 4.29. The first-order valence-electron chi connectivity index (χ1n) is 4.32. The molecule has 0 spiro atoms. The van der Waals surface area contributed by atoms with E-state index in [0.717, 1.165) is 11.8 Å². The van der Waals surface area contributed by atoms with E-state index in [1.807, 2.05) is 0 Å². The summed E-state index contributed by atoms with van der Waals surface area (Å²) in [7, 11) is 0. The summed E-state index contributed by atoms with van der Waals surface area (Å²) < 4.78 is 36.8. The molecule has 1 saturated heterocycles. The molecule has 1 amide bonds. The lowest BCUT2D eigenvalue weighted by Crippen LogP contribution is -2.47.